The maximum absolute atomic E-state index is 12.3. The number of hydroxylamine groups is 1. The van der Waals surface area contributed by atoms with Crippen LogP contribution in [0.3, 0.4) is 0 Å². The van der Waals surface area contributed by atoms with Crippen LogP contribution in [0.2, 0.25) is 12.1 Å². The van der Waals surface area contributed by atoms with E-state index in [1.165, 1.54) is 134 Å². The van der Waals surface area contributed by atoms with Crippen LogP contribution in [0.5, 0.6) is 0 Å². The molecule has 0 aromatic heterocycles. The number of hydrogen-bond donors (Lipinski definition) is 1. The highest BCUT2D eigenvalue weighted by atomic mass is 32.2. The fourth-order valence-corrected chi connectivity index (χ4v) is 9.28. The maximum Gasteiger partial charge on any atom is 0.357 e. The van der Waals surface area contributed by atoms with Crippen molar-refractivity contribution in [1.29, 1.82) is 0 Å². The Morgan fingerprint density at radius 1 is 0.744 bits per heavy atom. The normalized spacial score (nSPS) is 20.1. The molecule has 0 aromatic carbocycles. The van der Waals surface area contributed by atoms with E-state index in [-0.39, 0.29) is 0 Å². The standard InChI is InChI=1S/C33H67NO3SSi/c1-4-7-9-11-13-15-17-18-20-22-25-32-27-28-36-39(6-3,37-34-31-32)30-24-29-38-33(35)26-23-21-19-16-14-12-10-8-5-2/h32,34H,4-31H2,1-3H3. The molecule has 232 valence electrons. The van der Waals surface area contributed by atoms with E-state index in [1.807, 2.05) is 0 Å². The number of carbonyl (C=O) groups excluding carboxylic acids is 1. The van der Waals surface area contributed by atoms with Gasteiger partial charge >= 0.3 is 8.56 Å². The zero-order chi connectivity index (χ0) is 28.3. The summed E-state index contributed by atoms with van der Waals surface area (Å²) in [6.45, 7) is 8.57. The summed E-state index contributed by atoms with van der Waals surface area (Å²) in [6, 6.07) is 1.96. The van der Waals surface area contributed by atoms with Crippen LogP contribution in [0.4, 0.5) is 0 Å². The molecular formula is C33H67NO3SSi. The molecule has 1 aliphatic heterocycles. The quantitative estimate of drug-likeness (QED) is 0.0808. The molecule has 1 heterocycles. The van der Waals surface area contributed by atoms with Gasteiger partial charge in [0.1, 0.15) is 0 Å². The minimum atomic E-state index is -2.19. The topological polar surface area (TPSA) is 47.6 Å². The van der Waals surface area contributed by atoms with E-state index < -0.39 is 8.56 Å². The summed E-state index contributed by atoms with van der Waals surface area (Å²) in [5.74, 6) is 1.57. The van der Waals surface area contributed by atoms with Crippen molar-refractivity contribution in [3.05, 3.63) is 0 Å². The van der Waals surface area contributed by atoms with E-state index in [1.54, 1.807) is 0 Å². The molecule has 4 nitrogen and oxygen atoms in total. The monoisotopic (exact) mass is 585 g/mol. The van der Waals surface area contributed by atoms with Crippen LogP contribution < -0.4 is 5.48 Å². The van der Waals surface area contributed by atoms with Gasteiger partial charge in [-0.25, -0.2) is 5.48 Å². The highest BCUT2D eigenvalue weighted by molar-refractivity contribution is 8.13. The summed E-state index contributed by atoms with van der Waals surface area (Å²) in [5, 5.41) is 0.373. The molecular weight excluding hydrogens is 519 g/mol. The highest BCUT2D eigenvalue weighted by Crippen LogP contribution is 2.26. The van der Waals surface area contributed by atoms with Gasteiger partial charge in [-0.05, 0) is 43.7 Å². The molecule has 1 N–H and O–H groups in total. The Labute approximate surface area is 249 Å². The first-order valence-electron chi connectivity index (χ1n) is 17.4. The van der Waals surface area contributed by atoms with Crippen LogP contribution in [0.15, 0.2) is 0 Å². The first-order valence-corrected chi connectivity index (χ1v) is 20.6. The maximum atomic E-state index is 12.3. The summed E-state index contributed by atoms with van der Waals surface area (Å²) in [6.07, 6.45) is 29.9. The molecule has 1 aliphatic rings. The Kier molecular flexibility index (Phi) is 25.7. The van der Waals surface area contributed by atoms with E-state index >= 15 is 0 Å². The Morgan fingerprint density at radius 2 is 1.28 bits per heavy atom. The van der Waals surface area contributed by atoms with Gasteiger partial charge in [0.05, 0.1) is 0 Å². The molecule has 0 bridgehead atoms. The molecule has 2 atom stereocenters. The van der Waals surface area contributed by atoms with Crippen molar-refractivity contribution in [3.8, 4) is 0 Å². The van der Waals surface area contributed by atoms with Crippen LogP contribution in [-0.2, 0) is 13.7 Å². The van der Waals surface area contributed by atoms with E-state index in [9.17, 15) is 4.79 Å². The molecule has 0 aliphatic carbocycles. The van der Waals surface area contributed by atoms with Crippen molar-refractivity contribution >= 4 is 25.4 Å². The lowest BCUT2D eigenvalue weighted by Crippen LogP contribution is -2.49. The molecule has 39 heavy (non-hydrogen) atoms. The van der Waals surface area contributed by atoms with Crippen LogP contribution in [0.1, 0.15) is 168 Å². The van der Waals surface area contributed by atoms with E-state index in [0.29, 0.717) is 11.0 Å². The van der Waals surface area contributed by atoms with Gasteiger partial charge in [0.25, 0.3) is 0 Å². The molecule has 0 spiro atoms. The molecule has 6 heteroatoms. The number of thioether (sulfide) groups is 1. The molecule has 1 fully saturated rings. The first-order chi connectivity index (χ1) is 19.2. The van der Waals surface area contributed by atoms with Gasteiger partial charge in [0.2, 0.25) is 0 Å². The predicted molar refractivity (Wildman–Crippen MR) is 175 cm³/mol. The van der Waals surface area contributed by atoms with Crippen molar-refractivity contribution in [3.63, 3.8) is 0 Å². The van der Waals surface area contributed by atoms with Gasteiger partial charge in [-0.1, -0.05) is 148 Å². The second-order valence-corrected chi connectivity index (χ2v) is 16.8. The highest BCUT2D eigenvalue weighted by Gasteiger charge is 2.37. The third kappa shape index (κ3) is 21.5. The number of carbonyl (C=O) groups is 1. The predicted octanol–water partition coefficient (Wildman–Crippen LogP) is 10.9. The number of rotatable bonds is 26. The smallest absolute Gasteiger partial charge is 0.357 e. The second-order valence-electron chi connectivity index (χ2n) is 12.1. The Bertz CT molecular complexity index is 541. The summed E-state index contributed by atoms with van der Waals surface area (Å²) in [4.78, 5) is 12.3. The summed E-state index contributed by atoms with van der Waals surface area (Å²) in [7, 11) is -2.19. The van der Waals surface area contributed by atoms with Crippen LogP contribution in [-0.4, -0.2) is 32.6 Å². The first kappa shape index (κ1) is 37.1. The lowest BCUT2D eigenvalue weighted by molar-refractivity contribution is -0.111. The third-order valence-corrected chi connectivity index (χ3v) is 12.9. The van der Waals surface area contributed by atoms with Gasteiger partial charge in [-0.3, -0.25) is 4.79 Å². The average Bonchev–Trinajstić information content (AvgIpc) is 2.93. The molecule has 2 unspecified atom stereocenters. The lowest BCUT2D eigenvalue weighted by Gasteiger charge is -2.33. The minimum Gasteiger partial charge on any atom is -0.393 e. The van der Waals surface area contributed by atoms with Gasteiger partial charge in [0, 0.05) is 25.3 Å². The average molecular weight is 586 g/mol. The second kappa shape index (κ2) is 27.0. The van der Waals surface area contributed by atoms with Crippen molar-refractivity contribution in [2.75, 3.05) is 18.9 Å². The Morgan fingerprint density at radius 3 is 1.85 bits per heavy atom. The third-order valence-electron chi connectivity index (χ3n) is 8.48. The van der Waals surface area contributed by atoms with Crippen LogP contribution in [0.25, 0.3) is 0 Å². The zero-order valence-corrected chi connectivity index (χ0v) is 28.3. The van der Waals surface area contributed by atoms with Gasteiger partial charge in [-0.2, -0.15) is 0 Å². The molecule has 1 rings (SSSR count). The van der Waals surface area contributed by atoms with Gasteiger partial charge in [-0.15, -0.1) is 0 Å². The van der Waals surface area contributed by atoms with Gasteiger partial charge < -0.3 is 8.95 Å². The van der Waals surface area contributed by atoms with Crippen LogP contribution in [0, 0.1) is 5.92 Å². The number of nitrogens with one attached hydrogen (secondary N) is 1. The molecule has 0 aromatic rings. The summed E-state index contributed by atoms with van der Waals surface area (Å²) in [5.41, 5.74) is 3.34. The van der Waals surface area contributed by atoms with Gasteiger partial charge in [0.15, 0.2) is 5.12 Å². The van der Waals surface area contributed by atoms with Crippen molar-refractivity contribution < 1.29 is 13.7 Å². The molecule has 0 radical (unpaired) electrons. The summed E-state index contributed by atoms with van der Waals surface area (Å²) >= 11 is 1.53. The van der Waals surface area contributed by atoms with Crippen molar-refractivity contribution in [1.82, 2.24) is 5.48 Å². The van der Waals surface area contributed by atoms with Crippen molar-refractivity contribution in [2.24, 2.45) is 5.92 Å². The fourth-order valence-electron chi connectivity index (χ4n) is 5.65. The zero-order valence-electron chi connectivity index (χ0n) is 26.5. The summed E-state index contributed by atoms with van der Waals surface area (Å²) < 4.78 is 12.7. The lowest BCUT2D eigenvalue weighted by atomic mass is 9.97. The Balaban J connectivity index is 2.05. The van der Waals surface area contributed by atoms with E-state index in [4.69, 9.17) is 8.95 Å². The number of hydrogen-bond acceptors (Lipinski definition) is 5. The van der Waals surface area contributed by atoms with E-state index in [0.717, 1.165) is 56.7 Å². The van der Waals surface area contributed by atoms with Crippen molar-refractivity contribution in [2.45, 2.75) is 181 Å². The molecule has 0 amide bonds. The Hall–Kier alpha value is 0.117. The molecule has 1 saturated heterocycles. The van der Waals surface area contributed by atoms with Crippen LogP contribution >= 0.6 is 11.8 Å². The largest absolute Gasteiger partial charge is 0.393 e. The SMILES string of the molecule is CCCCCCCCCCCCC1CCO[Si](CC)(CCCSC(=O)CCCCCCCCCCC)ONC1. The number of unbranched alkanes of at least 4 members (excludes halogenated alkanes) is 17. The minimum absolute atomic E-state index is 0.373. The fraction of sp³-hybridized carbons (Fsp3) is 0.970. The van der Waals surface area contributed by atoms with E-state index in [2.05, 4.69) is 26.3 Å². The molecule has 0 saturated carbocycles.